The molecular weight excluding hydrogens is 200 g/mol. The van der Waals surface area contributed by atoms with E-state index in [-0.39, 0.29) is 5.97 Å². The summed E-state index contributed by atoms with van der Waals surface area (Å²) >= 11 is 0. The Morgan fingerprint density at radius 3 is 2.31 bits per heavy atom. The van der Waals surface area contributed by atoms with E-state index in [1.165, 1.54) is 31.8 Å². The van der Waals surface area contributed by atoms with Gasteiger partial charge in [-0.2, -0.15) is 0 Å². The van der Waals surface area contributed by atoms with Gasteiger partial charge in [0.1, 0.15) is 0 Å². The molecule has 2 saturated carbocycles. The van der Waals surface area contributed by atoms with Crippen LogP contribution in [0.5, 0.6) is 0 Å². The van der Waals surface area contributed by atoms with Gasteiger partial charge in [0.15, 0.2) is 0 Å². The van der Waals surface area contributed by atoms with Crippen LogP contribution < -0.4 is 0 Å². The number of hydrogen-bond donors (Lipinski definition) is 0. The van der Waals surface area contributed by atoms with Crippen LogP contribution >= 0.6 is 0 Å². The van der Waals surface area contributed by atoms with Crippen LogP contribution in [0, 0.1) is 17.3 Å². The van der Waals surface area contributed by atoms with Crippen LogP contribution in [0.1, 0.15) is 47.0 Å². The Hall–Kier alpha value is -0.790. The largest absolute Gasteiger partial charge is 0.466 e. The second kappa shape index (κ2) is 5.03. The lowest BCUT2D eigenvalue weighted by atomic mass is 9.73. The van der Waals surface area contributed by atoms with Crippen LogP contribution in [0.2, 0.25) is 0 Å². The van der Waals surface area contributed by atoms with Gasteiger partial charge in [-0.25, -0.2) is 0 Å². The van der Waals surface area contributed by atoms with Crippen molar-refractivity contribution in [2.45, 2.75) is 47.0 Å². The van der Waals surface area contributed by atoms with E-state index in [0.717, 1.165) is 11.8 Å². The molecule has 0 radical (unpaired) electrons. The highest BCUT2D eigenvalue weighted by molar-refractivity contribution is 5.65. The van der Waals surface area contributed by atoms with Gasteiger partial charge in [-0.3, -0.25) is 4.79 Å². The summed E-state index contributed by atoms with van der Waals surface area (Å²) in [5.41, 5.74) is 2.01. The molecule has 2 fully saturated rings. The number of rotatable bonds is 1. The summed E-state index contributed by atoms with van der Waals surface area (Å²) in [4.78, 5) is 9.82. The number of ether oxygens (including phenoxy) is 1. The Kier molecular flexibility index (Phi) is 4.17. The van der Waals surface area contributed by atoms with Crippen LogP contribution in [0.25, 0.3) is 0 Å². The summed E-state index contributed by atoms with van der Waals surface area (Å²) in [5.74, 6) is 1.64. The minimum absolute atomic E-state index is 0.211. The lowest BCUT2D eigenvalue weighted by Gasteiger charge is -2.31. The van der Waals surface area contributed by atoms with E-state index in [1.54, 1.807) is 6.92 Å². The van der Waals surface area contributed by atoms with Gasteiger partial charge < -0.3 is 4.74 Å². The third-order valence-corrected chi connectivity index (χ3v) is 4.12. The third kappa shape index (κ3) is 2.66. The Bertz CT molecular complexity index is 278. The van der Waals surface area contributed by atoms with Gasteiger partial charge in [-0.1, -0.05) is 26.0 Å². The van der Waals surface area contributed by atoms with Crippen LogP contribution in [0.3, 0.4) is 0 Å². The summed E-state index contributed by atoms with van der Waals surface area (Å²) in [6.07, 6.45) is 4.31. The van der Waals surface area contributed by atoms with E-state index < -0.39 is 0 Å². The molecule has 2 aliphatic rings. The number of carbonyl (C=O) groups excluding carboxylic acids is 1. The molecule has 2 unspecified atom stereocenters. The van der Waals surface area contributed by atoms with Gasteiger partial charge in [-0.05, 0) is 43.4 Å². The fourth-order valence-corrected chi connectivity index (χ4v) is 2.95. The number of allylic oxidation sites excluding steroid dienone is 1. The van der Waals surface area contributed by atoms with Crippen molar-refractivity contribution in [1.29, 1.82) is 0 Å². The van der Waals surface area contributed by atoms with Crippen molar-refractivity contribution >= 4 is 5.97 Å². The fraction of sp³-hybridized carbons (Fsp3) is 0.786. The summed E-state index contributed by atoms with van der Waals surface area (Å²) in [6.45, 7) is 12.6. The Morgan fingerprint density at radius 2 is 2.12 bits per heavy atom. The molecule has 0 aromatic heterocycles. The molecule has 0 aromatic carbocycles. The maximum Gasteiger partial charge on any atom is 0.302 e. The number of carbonyl (C=O) groups is 1. The number of fused-ring (bicyclic) bond motifs is 2. The molecule has 0 spiro atoms. The predicted octanol–water partition coefficient (Wildman–Crippen LogP) is 3.57. The molecule has 0 heterocycles. The zero-order chi connectivity index (χ0) is 12.3. The van der Waals surface area contributed by atoms with E-state index in [4.69, 9.17) is 0 Å². The smallest absolute Gasteiger partial charge is 0.302 e. The molecule has 0 saturated heterocycles. The van der Waals surface area contributed by atoms with E-state index in [0.29, 0.717) is 12.0 Å². The zero-order valence-corrected chi connectivity index (χ0v) is 11.0. The van der Waals surface area contributed by atoms with Crippen LogP contribution in [-0.2, 0) is 9.53 Å². The molecule has 92 valence electrons. The third-order valence-electron chi connectivity index (χ3n) is 4.12. The SMILES string of the molecule is C=C1C2CCC(C2)C1(C)C.CCOC(C)=O. The van der Waals surface area contributed by atoms with Gasteiger partial charge in [0.25, 0.3) is 0 Å². The van der Waals surface area contributed by atoms with Gasteiger partial charge in [0.05, 0.1) is 6.61 Å². The number of esters is 1. The van der Waals surface area contributed by atoms with Gasteiger partial charge >= 0.3 is 5.97 Å². The first-order valence-corrected chi connectivity index (χ1v) is 6.22. The Morgan fingerprint density at radius 1 is 1.50 bits per heavy atom. The van der Waals surface area contributed by atoms with Crippen LogP contribution in [0.4, 0.5) is 0 Å². The molecule has 0 amide bonds. The molecule has 0 N–H and O–H groups in total. The first-order chi connectivity index (χ1) is 7.39. The van der Waals surface area contributed by atoms with Gasteiger partial charge in [-0.15, -0.1) is 0 Å². The molecule has 2 heteroatoms. The molecular formula is C14H24O2. The standard InChI is InChI=1S/C10H16.C4H8O2/c1-7-8-4-5-9(6-8)10(7,2)3;1-3-6-4(2)5/h8-9H,1,4-6H2,2-3H3;3H2,1-2H3. The molecule has 16 heavy (non-hydrogen) atoms. The molecule has 0 aromatic rings. The molecule has 2 rings (SSSR count). The zero-order valence-electron chi connectivity index (χ0n) is 11.0. The fourth-order valence-electron chi connectivity index (χ4n) is 2.95. The topological polar surface area (TPSA) is 26.3 Å². The van der Waals surface area contributed by atoms with Crippen molar-refractivity contribution < 1.29 is 9.53 Å². The van der Waals surface area contributed by atoms with E-state index in [9.17, 15) is 4.79 Å². The van der Waals surface area contributed by atoms with Crippen molar-refractivity contribution in [2.24, 2.45) is 17.3 Å². The molecule has 2 bridgehead atoms. The van der Waals surface area contributed by atoms with E-state index in [2.05, 4.69) is 25.2 Å². The van der Waals surface area contributed by atoms with Crippen molar-refractivity contribution in [3.63, 3.8) is 0 Å². The van der Waals surface area contributed by atoms with Crippen LogP contribution in [0.15, 0.2) is 12.2 Å². The van der Waals surface area contributed by atoms with Crippen molar-refractivity contribution in [3.05, 3.63) is 12.2 Å². The highest BCUT2D eigenvalue weighted by Gasteiger charge is 2.47. The average Bonchev–Trinajstić information content (AvgIpc) is 2.71. The monoisotopic (exact) mass is 224 g/mol. The minimum atomic E-state index is -0.211. The second-order valence-electron chi connectivity index (χ2n) is 5.38. The molecule has 2 nitrogen and oxygen atoms in total. The average molecular weight is 224 g/mol. The number of hydrogen-bond acceptors (Lipinski definition) is 2. The summed E-state index contributed by atoms with van der Waals surface area (Å²) in [7, 11) is 0. The summed E-state index contributed by atoms with van der Waals surface area (Å²) in [5, 5.41) is 0. The van der Waals surface area contributed by atoms with E-state index >= 15 is 0 Å². The van der Waals surface area contributed by atoms with Crippen molar-refractivity contribution in [1.82, 2.24) is 0 Å². The normalized spacial score (nSPS) is 29.6. The lowest BCUT2D eigenvalue weighted by Crippen LogP contribution is -2.21. The maximum atomic E-state index is 9.82. The molecule has 2 aliphatic carbocycles. The van der Waals surface area contributed by atoms with Crippen molar-refractivity contribution in [3.8, 4) is 0 Å². The lowest BCUT2D eigenvalue weighted by molar-refractivity contribution is -0.140. The summed E-state index contributed by atoms with van der Waals surface area (Å²) in [6, 6.07) is 0. The second-order valence-corrected chi connectivity index (χ2v) is 5.38. The van der Waals surface area contributed by atoms with Crippen LogP contribution in [-0.4, -0.2) is 12.6 Å². The van der Waals surface area contributed by atoms with E-state index in [1.807, 2.05) is 0 Å². The highest BCUT2D eigenvalue weighted by atomic mass is 16.5. The molecule has 0 aliphatic heterocycles. The molecule has 2 atom stereocenters. The first kappa shape index (κ1) is 13.3. The summed E-state index contributed by atoms with van der Waals surface area (Å²) < 4.78 is 4.40. The highest BCUT2D eigenvalue weighted by Crippen LogP contribution is 2.58. The Balaban J connectivity index is 0.000000187. The Labute approximate surface area is 99.1 Å². The minimum Gasteiger partial charge on any atom is -0.466 e. The van der Waals surface area contributed by atoms with Gasteiger partial charge in [0.2, 0.25) is 0 Å². The quantitative estimate of drug-likeness (QED) is 0.503. The predicted molar refractivity (Wildman–Crippen MR) is 66.1 cm³/mol. The maximum absolute atomic E-state index is 9.82. The first-order valence-electron chi connectivity index (χ1n) is 6.22. The van der Waals surface area contributed by atoms with Gasteiger partial charge in [0, 0.05) is 6.92 Å². The van der Waals surface area contributed by atoms with Crippen molar-refractivity contribution in [2.75, 3.05) is 6.61 Å².